The van der Waals surface area contributed by atoms with E-state index >= 15 is 0 Å². The van der Waals surface area contributed by atoms with Gasteiger partial charge >= 0.3 is 0 Å². The fraction of sp³-hybridized carbons (Fsp3) is 0.235. The Hall–Kier alpha value is -2.25. The first-order valence-electron chi connectivity index (χ1n) is 7.28. The molecule has 128 valence electrons. The lowest BCUT2D eigenvalue weighted by Gasteiger charge is -2.12. The summed E-state index contributed by atoms with van der Waals surface area (Å²) in [7, 11) is -2.37. The van der Waals surface area contributed by atoms with Crippen LogP contribution in [0.15, 0.2) is 35.2 Å². The van der Waals surface area contributed by atoms with E-state index in [0.29, 0.717) is 22.4 Å². The molecule has 0 aliphatic heterocycles. The molecule has 0 atom stereocenters. The molecule has 24 heavy (non-hydrogen) atoms. The molecule has 5 nitrogen and oxygen atoms in total. The number of carbonyl (C=O) groups excluding carboxylic acids is 1. The van der Waals surface area contributed by atoms with E-state index < -0.39 is 21.7 Å². The van der Waals surface area contributed by atoms with Gasteiger partial charge in [-0.25, -0.2) is 17.5 Å². The number of nitrogens with one attached hydrogen (secondary N) is 2. The van der Waals surface area contributed by atoms with Crippen molar-refractivity contribution in [3.63, 3.8) is 0 Å². The smallest absolute Gasteiger partial charge is 0.255 e. The van der Waals surface area contributed by atoms with Gasteiger partial charge in [-0.2, -0.15) is 0 Å². The van der Waals surface area contributed by atoms with E-state index in [1.165, 1.54) is 19.2 Å². The number of anilines is 1. The fourth-order valence-corrected chi connectivity index (χ4v) is 3.29. The summed E-state index contributed by atoms with van der Waals surface area (Å²) in [4.78, 5) is 12.4. The predicted molar refractivity (Wildman–Crippen MR) is 91.3 cm³/mol. The minimum absolute atomic E-state index is 0.0465. The number of halogens is 1. The van der Waals surface area contributed by atoms with E-state index in [1.807, 2.05) is 0 Å². The lowest BCUT2D eigenvalue weighted by molar-refractivity contribution is 0.102. The lowest BCUT2D eigenvalue weighted by atomic mass is 10.1. The second-order valence-electron chi connectivity index (χ2n) is 5.54. The minimum atomic E-state index is -3.68. The zero-order valence-electron chi connectivity index (χ0n) is 13.9. The topological polar surface area (TPSA) is 75.3 Å². The summed E-state index contributed by atoms with van der Waals surface area (Å²) in [5, 5.41) is 2.58. The summed E-state index contributed by atoms with van der Waals surface area (Å²) in [5.74, 6) is -0.930. The molecule has 0 radical (unpaired) electrons. The highest BCUT2D eigenvalue weighted by atomic mass is 32.2. The molecule has 0 bridgehead atoms. The Labute approximate surface area is 141 Å². The number of carbonyl (C=O) groups is 1. The number of hydrogen-bond acceptors (Lipinski definition) is 3. The maximum Gasteiger partial charge on any atom is 0.255 e. The van der Waals surface area contributed by atoms with E-state index in [9.17, 15) is 17.6 Å². The van der Waals surface area contributed by atoms with Crippen LogP contribution >= 0.6 is 0 Å². The maximum atomic E-state index is 13.6. The van der Waals surface area contributed by atoms with E-state index in [4.69, 9.17) is 0 Å². The number of benzene rings is 2. The van der Waals surface area contributed by atoms with Crippen LogP contribution in [0, 0.1) is 26.6 Å². The Balaban J connectivity index is 2.41. The molecule has 0 unspecified atom stereocenters. The quantitative estimate of drug-likeness (QED) is 0.890. The zero-order chi connectivity index (χ0) is 18.1. The highest BCUT2D eigenvalue weighted by Gasteiger charge is 2.19. The van der Waals surface area contributed by atoms with Crippen LogP contribution in [0.4, 0.5) is 10.1 Å². The Morgan fingerprint density at radius 1 is 1.04 bits per heavy atom. The lowest BCUT2D eigenvalue weighted by Crippen LogP contribution is -2.21. The SMILES string of the molecule is CNS(=O)(=O)c1cc(C(=O)Nc2ccc(C)c(F)c2)cc(C)c1C. The van der Waals surface area contributed by atoms with Crippen molar-refractivity contribution in [2.45, 2.75) is 25.7 Å². The molecular formula is C17H19FN2O3S. The number of amides is 1. The van der Waals surface area contributed by atoms with E-state index in [0.717, 1.165) is 0 Å². The zero-order valence-corrected chi connectivity index (χ0v) is 14.7. The summed E-state index contributed by atoms with van der Waals surface area (Å²) in [6.45, 7) is 5.03. The van der Waals surface area contributed by atoms with Crippen LogP contribution in [0.5, 0.6) is 0 Å². The van der Waals surface area contributed by atoms with Gasteiger partial charge in [0.2, 0.25) is 10.0 Å². The van der Waals surface area contributed by atoms with Gasteiger partial charge in [0.05, 0.1) is 4.90 Å². The summed E-state index contributed by atoms with van der Waals surface area (Å²) < 4.78 is 40.0. The van der Waals surface area contributed by atoms with Crippen molar-refractivity contribution in [2.24, 2.45) is 0 Å². The Morgan fingerprint density at radius 3 is 2.29 bits per heavy atom. The van der Waals surface area contributed by atoms with Crippen LogP contribution in [-0.4, -0.2) is 21.4 Å². The van der Waals surface area contributed by atoms with Crippen molar-refractivity contribution in [1.29, 1.82) is 0 Å². The monoisotopic (exact) mass is 350 g/mol. The van der Waals surface area contributed by atoms with Crippen LogP contribution < -0.4 is 10.0 Å². The minimum Gasteiger partial charge on any atom is -0.322 e. The van der Waals surface area contributed by atoms with Crippen LogP contribution in [0.1, 0.15) is 27.0 Å². The molecule has 0 saturated heterocycles. The first kappa shape index (κ1) is 18.1. The van der Waals surface area contributed by atoms with E-state index in [-0.39, 0.29) is 10.5 Å². The molecule has 2 aromatic carbocycles. The molecular weight excluding hydrogens is 331 g/mol. The molecule has 2 rings (SSSR count). The molecule has 0 aliphatic rings. The molecule has 2 N–H and O–H groups in total. The van der Waals surface area contributed by atoms with Crippen molar-refractivity contribution in [3.05, 3.63) is 58.4 Å². The second kappa shape index (κ2) is 6.70. The largest absolute Gasteiger partial charge is 0.322 e. The average Bonchev–Trinajstić information content (AvgIpc) is 2.53. The molecule has 0 saturated carbocycles. The van der Waals surface area contributed by atoms with Crippen molar-refractivity contribution < 1.29 is 17.6 Å². The van der Waals surface area contributed by atoms with Gasteiger partial charge in [0, 0.05) is 11.3 Å². The van der Waals surface area contributed by atoms with Crippen molar-refractivity contribution in [1.82, 2.24) is 4.72 Å². The normalized spacial score (nSPS) is 11.4. The Bertz CT molecular complexity index is 908. The van der Waals surface area contributed by atoms with Gasteiger partial charge in [0.25, 0.3) is 5.91 Å². The molecule has 0 aliphatic carbocycles. The highest BCUT2D eigenvalue weighted by molar-refractivity contribution is 7.89. The molecule has 0 spiro atoms. The van der Waals surface area contributed by atoms with E-state index in [2.05, 4.69) is 10.0 Å². The first-order chi connectivity index (χ1) is 11.2. The Kier molecular flexibility index (Phi) is 5.05. The third-order valence-corrected chi connectivity index (χ3v) is 5.41. The predicted octanol–water partition coefficient (Wildman–Crippen LogP) is 2.91. The second-order valence-corrected chi connectivity index (χ2v) is 7.40. The van der Waals surface area contributed by atoms with Crippen molar-refractivity contribution >= 4 is 21.6 Å². The third-order valence-electron chi connectivity index (χ3n) is 3.87. The summed E-state index contributed by atoms with van der Waals surface area (Å²) >= 11 is 0. The van der Waals surface area contributed by atoms with Gasteiger partial charge in [-0.05, 0) is 68.8 Å². The average molecular weight is 350 g/mol. The standard InChI is InChI=1S/C17H19FN2O3S/c1-10-5-6-14(9-15(10)18)20-17(21)13-7-11(2)12(3)16(8-13)24(22,23)19-4/h5-9,19H,1-4H3,(H,20,21). The molecule has 2 aromatic rings. The molecule has 7 heteroatoms. The van der Waals surface area contributed by atoms with Crippen molar-refractivity contribution in [3.8, 4) is 0 Å². The van der Waals surface area contributed by atoms with Gasteiger partial charge < -0.3 is 5.32 Å². The van der Waals surface area contributed by atoms with Gasteiger partial charge in [0.1, 0.15) is 5.82 Å². The highest BCUT2D eigenvalue weighted by Crippen LogP contribution is 2.22. The Morgan fingerprint density at radius 2 is 1.71 bits per heavy atom. The molecule has 1 amide bonds. The van der Waals surface area contributed by atoms with Crippen LogP contribution in [0.3, 0.4) is 0 Å². The summed E-state index contributed by atoms with van der Waals surface area (Å²) in [5.41, 5.74) is 2.21. The first-order valence-corrected chi connectivity index (χ1v) is 8.76. The third kappa shape index (κ3) is 3.63. The summed E-state index contributed by atoms with van der Waals surface area (Å²) in [6, 6.07) is 7.28. The van der Waals surface area contributed by atoms with Gasteiger partial charge in [-0.1, -0.05) is 6.07 Å². The number of rotatable bonds is 4. The number of aryl methyl sites for hydroxylation is 2. The van der Waals surface area contributed by atoms with Crippen LogP contribution in [0.25, 0.3) is 0 Å². The van der Waals surface area contributed by atoms with Crippen LogP contribution in [0.2, 0.25) is 0 Å². The van der Waals surface area contributed by atoms with Gasteiger partial charge in [0.15, 0.2) is 0 Å². The molecule has 0 fully saturated rings. The number of hydrogen-bond donors (Lipinski definition) is 2. The van der Waals surface area contributed by atoms with Crippen molar-refractivity contribution in [2.75, 3.05) is 12.4 Å². The van der Waals surface area contributed by atoms with E-state index in [1.54, 1.807) is 39.0 Å². The molecule has 0 aromatic heterocycles. The van der Waals surface area contributed by atoms with Gasteiger partial charge in [-0.15, -0.1) is 0 Å². The molecule has 0 heterocycles. The number of sulfonamides is 1. The van der Waals surface area contributed by atoms with Gasteiger partial charge in [-0.3, -0.25) is 4.79 Å². The fourth-order valence-electron chi connectivity index (χ4n) is 2.22. The summed E-state index contributed by atoms with van der Waals surface area (Å²) in [6.07, 6.45) is 0. The maximum absolute atomic E-state index is 13.6. The van der Waals surface area contributed by atoms with Crippen LogP contribution in [-0.2, 0) is 10.0 Å².